The van der Waals surface area contributed by atoms with Crippen molar-refractivity contribution in [3.8, 4) is 0 Å². The number of likely N-dealkylation sites (N-methyl/N-ethyl adjacent to an activating group) is 1. The molecule has 4 unspecified atom stereocenters. The van der Waals surface area contributed by atoms with E-state index in [4.69, 9.17) is 4.74 Å². The molecule has 2 N–H and O–H groups in total. The zero-order valence-electron chi connectivity index (χ0n) is 12.0. The molecule has 1 aliphatic carbocycles. The van der Waals surface area contributed by atoms with Crippen LogP contribution in [0.3, 0.4) is 0 Å². The quantitative estimate of drug-likeness (QED) is 0.719. The first-order valence-electron chi connectivity index (χ1n) is 7.10. The van der Waals surface area contributed by atoms with Gasteiger partial charge in [0.05, 0.1) is 18.8 Å². The lowest BCUT2D eigenvalue weighted by Crippen LogP contribution is -2.40. The number of ether oxygens (including phenoxy) is 1. The molecule has 0 spiro atoms. The first kappa shape index (κ1) is 15.9. The fourth-order valence-electron chi connectivity index (χ4n) is 2.99. The maximum atomic E-state index is 10.1. The van der Waals surface area contributed by atoms with Gasteiger partial charge in [-0.1, -0.05) is 13.3 Å². The van der Waals surface area contributed by atoms with E-state index < -0.39 is 6.10 Å². The molecule has 1 aliphatic rings. The van der Waals surface area contributed by atoms with E-state index in [-0.39, 0.29) is 6.10 Å². The molecule has 1 saturated carbocycles. The molecule has 0 radical (unpaired) electrons. The summed E-state index contributed by atoms with van der Waals surface area (Å²) < 4.78 is 4.92. The lowest BCUT2D eigenvalue weighted by atomic mass is 9.78. The molecule has 0 aromatic rings. The van der Waals surface area contributed by atoms with Crippen molar-refractivity contribution in [1.29, 1.82) is 0 Å². The summed E-state index contributed by atoms with van der Waals surface area (Å²) in [7, 11) is 3.60. The maximum Gasteiger partial charge on any atom is 0.0899 e. The van der Waals surface area contributed by atoms with Gasteiger partial charge in [-0.25, -0.2) is 0 Å². The normalized spacial score (nSPS) is 30.7. The molecule has 4 heteroatoms. The third kappa shape index (κ3) is 5.22. The summed E-state index contributed by atoms with van der Waals surface area (Å²) in [5.41, 5.74) is 0. The summed E-state index contributed by atoms with van der Waals surface area (Å²) in [5, 5.41) is 19.7. The summed E-state index contributed by atoms with van der Waals surface area (Å²) >= 11 is 0. The number of hydrogen-bond donors (Lipinski definition) is 2. The number of hydrogen-bond acceptors (Lipinski definition) is 4. The fraction of sp³-hybridized carbons (Fsp3) is 1.00. The Kier molecular flexibility index (Phi) is 7.15. The molecule has 0 bridgehead atoms. The molecular weight excluding hydrogens is 230 g/mol. The van der Waals surface area contributed by atoms with Gasteiger partial charge in [-0.3, -0.25) is 0 Å². The smallest absolute Gasteiger partial charge is 0.0899 e. The van der Waals surface area contributed by atoms with Crippen LogP contribution in [0.1, 0.15) is 32.6 Å². The van der Waals surface area contributed by atoms with Crippen molar-refractivity contribution in [2.45, 2.75) is 44.8 Å². The van der Waals surface area contributed by atoms with Crippen LogP contribution < -0.4 is 0 Å². The molecule has 18 heavy (non-hydrogen) atoms. The van der Waals surface area contributed by atoms with E-state index in [9.17, 15) is 10.2 Å². The summed E-state index contributed by atoms with van der Waals surface area (Å²) in [6.45, 7) is 4.06. The van der Waals surface area contributed by atoms with Crippen molar-refractivity contribution in [3.63, 3.8) is 0 Å². The van der Waals surface area contributed by atoms with Crippen LogP contribution in [0.4, 0.5) is 0 Å². The Bertz CT molecular complexity index is 225. The predicted octanol–water partition coefficient (Wildman–Crippen LogP) is 1.11. The van der Waals surface area contributed by atoms with Crippen LogP contribution in [-0.4, -0.2) is 61.2 Å². The van der Waals surface area contributed by atoms with Crippen LogP contribution in [0.5, 0.6) is 0 Å². The predicted molar refractivity (Wildman–Crippen MR) is 72.5 cm³/mol. The van der Waals surface area contributed by atoms with E-state index in [0.717, 1.165) is 31.7 Å². The van der Waals surface area contributed by atoms with E-state index >= 15 is 0 Å². The highest BCUT2D eigenvalue weighted by atomic mass is 16.5. The van der Waals surface area contributed by atoms with Crippen molar-refractivity contribution < 1.29 is 14.9 Å². The Morgan fingerprint density at radius 2 is 2.11 bits per heavy atom. The largest absolute Gasteiger partial charge is 0.393 e. The molecule has 4 nitrogen and oxygen atoms in total. The van der Waals surface area contributed by atoms with E-state index in [1.54, 1.807) is 7.11 Å². The summed E-state index contributed by atoms with van der Waals surface area (Å²) in [6, 6.07) is 0. The second-order valence-corrected chi connectivity index (χ2v) is 5.75. The zero-order chi connectivity index (χ0) is 13.5. The van der Waals surface area contributed by atoms with Crippen molar-refractivity contribution in [3.05, 3.63) is 0 Å². The summed E-state index contributed by atoms with van der Waals surface area (Å²) in [5.74, 6) is 1.11. The lowest BCUT2D eigenvalue weighted by molar-refractivity contribution is 0.00976. The van der Waals surface area contributed by atoms with Gasteiger partial charge >= 0.3 is 0 Å². The highest BCUT2D eigenvalue weighted by Gasteiger charge is 2.29. The van der Waals surface area contributed by atoms with Crippen LogP contribution in [0.25, 0.3) is 0 Å². The zero-order valence-corrected chi connectivity index (χ0v) is 12.0. The minimum absolute atomic E-state index is 0.171. The Hall–Kier alpha value is -0.160. The second kappa shape index (κ2) is 8.10. The molecule has 1 fully saturated rings. The number of nitrogens with zero attached hydrogens (tertiary/aromatic N) is 1. The lowest BCUT2D eigenvalue weighted by Gasteiger charge is -2.35. The standard InChI is InChI=1S/C14H29NO3/c1-4-11-5-6-14(17)12(7-11)8-15(2)9-13(16)10-18-3/h11-14,16-17H,4-10H2,1-3H3. The van der Waals surface area contributed by atoms with Crippen molar-refractivity contribution in [2.75, 3.05) is 33.9 Å². The van der Waals surface area contributed by atoms with E-state index in [1.807, 2.05) is 7.05 Å². The van der Waals surface area contributed by atoms with Crippen LogP contribution in [0.15, 0.2) is 0 Å². The number of methoxy groups -OCH3 is 1. The van der Waals surface area contributed by atoms with Crippen LogP contribution in [0, 0.1) is 11.8 Å². The molecule has 0 heterocycles. The van der Waals surface area contributed by atoms with Gasteiger partial charge in [-0.05, 0) is 38.1 Å². The Morgan fingerprint density at radius 1 is 1.39 bits per heavy atom. The second-order valence-electron chi connectivity index (χ2n) is 5.75. The molecule has 108 valence electrons. The molecule has 0 amide bonds. The van der Waals surface area contributed by atoms with Crippen LogP contribution in [0.2, 0.25) is 0 Å². The molecule has 0 aliphatic heterocycles. The van der Waals surface area contributed by atoms with Gasteiger partial charge in [-0.15, -0.1) is 0 Å². The van der Waals surface area contributed by atoms with E-state index in [2.05, 4.69) is 11.8 Å². The molecule has 0 saturated heterocycles. The van der Waals surface area contributed by atoms with Gasteiger partial charge < -0.3 is 19.8 Å². The maximum absolute atomic E-state index is 10.1. The molecule has 0 aromatic heterocycles. The molecular formula is C14H29NO3. The number of rotatable bonds is 7. The minimum Gasteiger partial charge on any atom is -0.393 e. The fourth-order valence-corrected chi connectivity index (χ4v) is 2.99. The van der Waals surface area contributed by atoms with Gasteiger partial charge in [0.2, 0.25) is 0 Å². The average Bonchev–Trinajstić information content (AvgIpc) is 2.32. The van der Waals surface area contributed by atoms with Crippen LogP contribution >= 0.6 is 0 Å². The number of aliphatic hydroxyl groups excluding tert-OH is 2. The van der Waals surface area contributed by atoms with E-state index in [1.165, 1.54) is 6.42 Å². The summed E-state index contributed by atoms with van der Waals surface area (Å²) in [4.78, 5) is 2.11. The topological polar surface area (TPSA) is 52.9 Å². The van der Waals surface area contributed by atoms with Crippen molar-refractivity contribution in [1.82, 2.24) is 4.90 Å². The third-order valence-corrected chi connectivity index (χ3v) is 4.06. The Balaban J connectivity index is 2.34. The summed E-state index contributed by atoms with van der Waals surface area (Å²) in [6.07, 6.45) is 3.79. The van der Waals surface area contributed by atoms with Crippen LogP contribution in [-0.2, 0) is 4.74 Å². The molecule has 0 aromatic carbocycles. The highest BCUT2D eigenvalue weighted by Crippen LogP contribution is 2.31. The first-order valence-corrected chi connectivity index (χ1v) is 7.10. The Labute approximate surface area is 111 Å². The minimum atomic E-state index is -0.442. The number of aliphatic hydroxyl groups is 2. The average molecular weight is 259 g/mol. The SMILES string of the molecule is CCC1CCC(O)C(CN(C)CC(O)COC)C1. The highest BCUT2D eigenvalue weighted by molar-refractivity contribution is 4.81. The van der Waals surface area contributed by atoms with Gasteiger partial charge in [-0.2, -0.15) is 0 Å². The Morgan fingerprint density at radius 3 is 2.72 bits per heavy atom. The monoisotopic (exact) mass is 259 g/mol. The van der Waals surface area contributed by atoms with Gasteiger partial charge in [0.15, 0.2) is 0 Å². The van der Waals surface area contributed by atoms with Gasteiger partial charge in [0.1, 0.15) is 0 Å². The van der Waals surface area contributed by atoms with Crippen molar-refractivity contribution in [2.24, 2.45) is 11.8 Å². The van der Waals surface area contributed by atoms with Crippen molar-refractivity contribution >= 4 is 0 Å². The first-order chi connectivity index (χ1) is 8.56. The molecule has 4 atom stereocenters. The van der Waals surface area contributed by atoms with Gasteiger partial charge in [0.25, 0.3) is 0 Å². The molecule has 1 rings (SSSR count). The van der Waals surface area contributed by atoms with E-state index in [0.29, 0.717) is 19.1 Å². The third-order valence-electron chi connectivity index (χ3n) is 4.06. The van der Waals surface area contributed by atoms with Gasteiger partial charge in [0, 0.05) is 20.2 Å².